The van der Waals surface area contributed by atoms with Crippen molar-refractivity contribution in [2.45, 2.75) is 25.4 Å². The zero-order valence-electron chi connectivity index (χ0n) is 10.9. The van der Waals surface area contributed by atoms with E-state index in [4.69, 9.17) is 5.26 Å². The van der Waals surface area contributed by atoms with E-state index in [1.165, 1.54) is 11.0 Å². The van der Waals surface area contributed by atoms with Crippen LogP contribution in [0, 0.1) is 17.1 Å². The summed E-state index contributed by atoms with van der Waals surface area (Å²) in [6.45, 7) is 0.0624. The largest absolute Gasteiger partial charge is 0.322 e. The number of hydrogen-bond donors (Lipinski definition) is 1. The first kappa shape index (κ1) is 13.2. The van der Waals surface area contributed by atoms with Crippen molar-refractivity contribution in [2.75, 3.05) is 0 Å². The molecule has 1 unspecified atom stereocenters. The monoisotopic (exact) mass is 287 g/mol. The summed E-state index contributed by atoms with van der Waals surface area (Å²) < 4.78 is 13.4. The molecule has 3 amide bonds. The third-order valence-electron chi connectivity index (χ3n) is 3.71. The number of carbonyl (C=O) groups is 3. The van der Waals surface area contributed by atoms with Crippen LogP contribution in [0.3, 0.4) is 0 Å². The molecular weight excluding hydrogens is 277 g/mol. The maximum atomic E-state index is 13.4. The number of piperidine rings is 1. The number of amides is 3. The van der Waals surface area contributed by atoms with Crippen molar-refractivity contribution in [3.63, 3.8) is 0 Å². The van der Waals surface area contributed by atoms with Gasteiger partial charge in [-0.25, -0.2) is 4.39 Å². The third-order valence-corrected chi connectivity index (χ3v) is 3.71. The quantitative estimate of drug-likeness (QED) is 0.760. The van der Waals surface area contributed by atoms with Gasteiger partial charge in [0.15, 0.2) is 0 Å². The number of fused-ring (bicyclic) bond motifs is 1. The lowest BCUT2D eigenvalue weighted by Gasteiger charge is -2.29. The van der Waals surface area contributed by atoms with Crippen molar-refractivity contribution in [2.24, 2.45) is 0 Å². The van der Waals surface area contributed by atoms with E-state index in [2.05, 4.69) is 5.32 Å². The number of nitrogens with zero attached hydrogens (tertiary/aromatic N) is 2. The molecule has 1 N–H and O–H groups in total. The molecule has 0 aromatic heterocycles. The minimum atomic E-state index is -0.766. The molecule has 0 aliphatic carbocycles. The maximum Gasteiger partial charge on any atom is 0.256 e. The fraction of sp³-hybridized carbons (Fsp3) is 0.286. The Morgan fingerprint density at radius 2 is 2.10 bits per heavy atom. The minimum absolute atomic E-state index is 0.0372. The number of halogens is 1. The van der Waals surface area contributed by atoms with Gasteiger partial charge in [-0.05, 0) is 24.1 Å². The van der Waals surface area contributed by atoms with Gasteiger partial charge < -0.3 is 4.90 Å². The number of imide groups is 1. The van der Waals surface area contributed by atoms with Gasteiger partial charge >= 0.3 is 0 Å². The molecule has 106 valence electrons. The number of nitriles is 1. The SMILES string of the molecule is N#Cc1cc(F)cc2c1C(=O)N(C1CCC(=O)NC1=O)C2. The highest BCUT2D eigenvalue weighted by Crippen LogP contribution is 2.30. The molecule has 7 heteroatoms. The molecule has 6 nitrogen and oxygen atoms in total. The van der Waals surface area contributed by atoms with Crippen molar-refractivity contribution in [1.82, 2.24) is 10.2 Å². The second kappa shape index (κ2) is 4.66. The topological polar surface area (TPSA) is 90.3 Å². The third kappa shape index (κ3) is 2.05. The van der Waals surface area contributed by atoms with E-state index < -0.39 is 23.7 Å². The summed E-state index contributed by atoms with van der Waals surface area (Å²) in [4.78, 5) is 36.7. The summed E-state index contributed by atoms with van der Waals surface area (Å²) in [5.41, 5.74) is 0.495. The second-order valence-corrected chi connectivity index (χ2v) is 5.00. The van der Waals surface area contributed by atoms with Crippen LogP contribution in [0.25, 0.3) is 0 Å². The van der Waals surface area contributed by atoms with Gasteiger partial charge in [0.1, 0.15) is 17.9 Å². The van der Waals surface area contributed by atoms with Crippen LogP contribution in [0.5, 0.6) is 0 Å². The van der Waals surface area contributed by atoms with Crippen LogP contribution in [0.15, 0.2) is 12.1 Å². The number of carbonyl (C=O) groups excluding carboxylic acids is 3. The van der Waals surface area contributed by atoms with E-state index in [0.717, 1.165) is 6.07 Å². The summed E-state index contributed by atoms with van der Waals surface area (Å²) >= 11 is 0. The Labute approximate surface area is 119 Å². The highest BCUT2D eigenvalue weighted by Gasteiger charge is 2.40. The van der Waals surface area contributed by atoms with Gasteiger partial charge in [0.25, 0.3) is 5.91 Å². The Balaban J connectivity index is 1.96. The van der Waals surface area contributed by atoms with E-state index in [-0.39, 0.29) is 36.4 Å². The predicted octanol–water partition coefficient (Wildman–Crippen LogP) is 0.458. The first-order valence-corrected chi connectivity index (χ1v) is 6.38. The van der Waals surface area contributed by atoms with Gasteiger partial charge in [0.05, 0.1) is 11.1 Å². The standard InChI is InChI=1S/C14H10FN3O3/c15-9-3-7(5-16)12-8(4-9)6-18(14(12)21)10-1-2-11(19)17-13(10)20/h3-4,10H,1-2,6H2,(H,17,19,20). The Bertz CT molecular complexity index is 723. The van der Waals surface area contributed by atoms with Crippen LogP contribution in [-0.4, -0.2) is 28.7 Å². The zero-order valence-corrected chi connectivity index (χ0v) is 10.9. The summed E-state index contributed by atoms with van der Waals surface area (Å²) in [5, 5.41) is 11.2. The first-order valence-electron chi connectivity index (χ1n) is 6.38. The predicted molar refractivity (Wildman–Crippen MR) is 67.2 cm³/mol. The summed E-state index contributed by atoms with van der Waals surface area (Å²) in [6.07, 6.45) is 0.380. The van der Waals surface area contributed by atoms with Crippen LogP contribution in [0.2, 0.25) is 0 Å². The summed E-state index contributed by atoms with van der Waals surface area (Å²) in [6, 6.07) is 3.23. The number of hydrogen-bond acceptors (Lipinski definition) is 4. The Morgan fingerprint density at radius 1 is 1.33 bits per heavy atom. The van der Waals surface area contributed by atoms with Gasteiger partial charge in [0.2, 0.25) is 11.8 Å². The van der Waals surface area contributed by atoms with Gasteiger partial charge in [-0.15, -0.1) is 0 Å². The average Bonchev–Trinajstić information content (AvgIpc) is 2.75. The van der Waals surface area contributed by atoms with Crippen LogP contribution >= 0.6 is 0 Å². The molecule has 0 radical (unpaired) electrons. The minimum Gasteiger partial charge on any atom is -0.322 e. The van der Waals surface area contributed by atoms with Crippen molar-refractivity contribution in [3.8, 4) is 6.07 Å². The fourth-order valence-electron chi connectivity index (χ4n) is 2.76. The number of rotatable bonds is 1. The van der Waals surface area contributed by atoms with E-state index in [0.29, 0.717) is 5.56 Å². The number of nitrogens with one attached hydrogen (secondary N) is 1. The highest BCUT2D eigenvalue weighted by molar-refractivity contribution is 6.06. The van der Waals surface area contributed by atoms with Gasteiger partial charge in [-0.3, -0.25) is 19.7 Å². The lowest BCUT2D eigenvalue weighted by Crippen LogP contribution is -2.52. The second-order valence-electron chi connectivity index (χ2n) is 5.00. The molecule has 1 saturated heterocycles. The van der Waals surface area contributed by atoms with Gasteiger partial charge in [0, 0.05) is 13.0 Å². The zero-order chi connectivity index (χ0) is 15.1. The first-order chi connectivity index (χ1) is 10.0. The van der Waals surface area contributed by atoms with E-state index in [1.807, 2.05) is 0 Å². The van der Waals surface area contributed by atoms with Crippen molar-refractivity contribution in [3.05, 3.63) is 34.6 Å². The molecule has 1 fully saturated rings. The normalized spacial score (nSPS) is 21.0. The molecule has 2 aliphatic heterocycles. The molecule has 0 spiro atoms. The molecule has 0 bridgehead atoms. The van der Waals surface area contributed by atoms with E-state index in [9.17, 15) is 18.8 Å². The molecule has 1 aromatic rings. The lowest BCUT2D eigenvalue weighted by atomic mass is 10.0. The fourth-order valence-corrected chi connectivity index (χ4v) is 2.76. The molecular formula is C14H10FN3O3. The van der Waals surface area contributed by atoms with Crippen LogP contribution in [0.4, 0.5) is 4.39 Å². The Hall–Kier alpha value is -2.75. The van der Waals surface area contributed by atoms with E-state index >= 15 is 0 Å². The average molecular weight is 287 g/mol. The highest BCUT2D eigenvalue weighted by atomic mass is 19.1. The Kier molecular flexibility index (Phi) is 2.94. The van der Waals surface area contributed by atoms with Crippen LogP contribution in [-0.2, 0) is 16.1 Å². The molecule has 1 aromatic carbocycles. The maximum absolute atomic E-state index is 13.4. The van der Waals surface area contributed by atoms with E-state index in [1.54, 1.807) is 6.07 Å². The number of benzene rings is 1. The lowest BCUT2D eigenvalue weighted by molar-refractivity contribution is -0.136. The molecule has 2 aliphatic rings. The summed E-state index contributed by atoms with van der Waals surface area (Å²) in [5.74, 6) is -1.98. The molecule has 3 rings (SSSR count). The molecule has 21 heavy (non-hydrogen) atoms. The molecule has 1 atom stereocenters. The van der Waals surface area contributed by atoms with Crippen molar-refractivity contribution < 1.29 is 18.8 Å². The van der Waals surface area contributed by atoms with Crippen LogP contribution in [0.1, 0.15) is 34.3 Å². The van der Waals surface area contributed by atoms with Crippen molar-refractivity contribution in [1.29, 1.82) is 5.26 Å². The molecule has 0 saturated carbocycles. The van der Waals surface area contributed by atoms with Crippen LogP contribution < -0.4 is 5.32 Å². The smallest absolute Gasteiger partial charge is 0.256 e. The van der Waals surface area contributed by atoms with Gasteiger partial charge in [-0.2, -0.15) is 5.26 Å². The molecule has 2 heterocycles. The van der Waals surface area contributed by atoms with Gasteiger partial charge in [-0.1, -0.05) is 0 Å². The Morgan fingerprint density at radius 3 is 2.76 bits per heavy atom. The summed E-state index contributed by atoms with van der Waals surface area (Å²) in [7, 11) is 0. The van der Waals surface area contributed by atoms with Crippen molar-refractivity contribution >= 4 is 17.7 Å².